The topological polar surface area (TPSA) is 69.8 Å². The Hall–Kier alpha value is -1.88. The number of anilines is 1. The Bertz CT molecular complexity index is 542. The second-order valence-electron chi connectivity index (χ2n) is 4.32. The van der Waals surface area contributed by atoms with Crippen LogP contribution >= 0.6 is 0 Å². The summed E-state index contributed by atoms with van der Waals surface area (Å²) in [4.78, 5) is 12.0. The number of rotatable bonds is 2. The van der Waals surface area contributed by atoms with E-state index in [0.717, 1.165) is 36.1 Å². The maximum absolute atomic E-state index is 12.0. The van der Waals surface area contributed by atoms with Crippen LogP contribution in [0.5, 0.6) is 0 Å². The fraction of sp³-hybridized carbons (Fsp3) is 0.333. The average molecular weight is 230 g/mol. The van der Waals surface area contributed by atoms with Gasteiger partial charge in [-0.3, -0.25) is 9.89 Å². The standard InChI is InChI=1S/C12H14N4O/c17-12(9-4-5-13-6-9)15-10-3-1-2-8-7-14-16-11(8)10/h1-3,7,9,13H,4-6H2,(H,14,16)(H,15,17). The van der Waals surface area contributed by atoms with Crippen LogP contribution in [0.25, 0.3) is 10.9 Å². The number of benzene rings is 1. The maximum Gasteiger partial charge on any atom is 0.228 e. The number of aromatic nitrogens is 2. The van der Waals surface area contributed by atoms with Crippen LogP contribution < -0.4 is 10.6 Å². The molecule has 0 radical (unpaired) electrons. The summed E-state index contributed by atoms with van der Waals surface area (Å²) in [5.74, 6) is 0.158. The van der Waals surface area contributed by atoms with E-state index in [9.17, 15) is 4.79 Å². The number of hydrogen-bond acceptors (Lipinski definition) is 3. The quantitative estimate of drug-likeness (QED) is 0.724. The monoisotopic (exact) mass is 230 g/mol. The molecular weight excluding hydrogens is 216 g/mol. The average Bonchev–Trinajstić information content (AvgIpc) is 3.00. The number of para-hydroxylation sites is 1. The molecule has 1 unspecified atom stereocenters. The molecule has 0 spiro atoms. The molecule has 3 rings (SSSR count). The Kier molecular flexibility index (Phi) is 2.53. The number of H-pyrrole nitrogens is 1. The van der Waals surface area contributed by atoms with Gasteiger partial charge in [0.2, 0.25) is 5.91 Å². The van der Waals surface area contributed by atoms with Crippen LogP contribution in [-0.4, -0.2) is 29.2 Å². The first-order chi connectivity index (χ1) is 8.34. The van der Waals surface area contributed by atoms with Gasteiger partial charge in [0.1, 0.15) is 0 Å². The highest BCUT2D eigenvalue weighted by Crippen LogP contribution is 2.21. The molecule has 1 aromatic heterocycles. The highest BCUT2D eigenvalue weighted by molar-refractivity contribution is 6.01. The summed E-state index contributed by atoms with van der Waals surface area (Å²) in [5, 5.41) is 14.0. The molecule has 1 aromatic carbocycles. The van der Waals surface area contributed by atoms with Gasteiger partial charge in [0, 0.05) is 11.9 Å². The number of aromatic amines is 1. The fourth-order valence-corrected chi connectivity index (χ4v) is 2.19. The van der Waals surface area contributed by atoms with E-state index in [1.807, 2.05) is 18.2 Å². The molecule has 17 heavy (non-hydrogen) atoms. The van der Waals surface area contributed by atoms with Crippen LogP contribution in [0.15, 0.2) is 24.4 Å². The third-order valence-corrected chi connectivity index (χ3v) is 3.17. The first-order valence-corrected chi connectivity index (χ1v) is 5.78. The molecule has 5 nitrogen and oxygen atoms in total. The van der Waals surface area contributed by atoms with E-state index >= 15 is 0 Å². The number of nitrogens with zero attached hydrogens (tertiary/aromatic N) is 1. The van der Waals surface area contributed by atoms with Crippen molar-refractivity contribution in [3.05, 3.63) is 24.4 Å². The van der Waals surface area contributed by atoms with Gasteiger partial charge in [0.25, 0.3) is 0 Å². The Morgan fingerprint density at radius 2 is 2.41 bits per heavy atom. The summed E-state index contributed by atoms with van der Waals surface area (Å²) in [5.41, 5.74) is 1.68. The van der Waals surface area contributed by atoms with E-state index in [-0.39, 0.29) is 11.8 Å². The molecule has 1 fully saturated rings. The molecule has 1 amide bonds. The number of hydrogen-bond donors (Lipinski definition) is 3. The summed E-state index contributed by atoms with van der Waals surface area (Å²) < 4.78 is 0. The van der Waals surface area contributed by atoms with Crippen LogP contribution in [0.4, 0.5) is 5.69 Å². The lowest BCUT2D eigenvalue weighted by molar-refractivity contribution is -0.119. The van der Waals surface area contributed by atoms with Gasteiger partial charge in [-0.2, -0.15) is 5.10 Å². The van der Waals surface area contributed by atoms with Gasteiger partial charge in [0.15, 0.2) is 0 Å². The SMILES string of the molecule is O=C(Nc1cccc2cn[nH]c12)C1CCNC1. The van der Waals surface area contributed by atoms with Crippen molar-refractivity contribution in [2.24, 2.45) is 5.92 Å². The third-order valence-electron chi connectivity index (χ3n) is 3.17. The van der Waals surface area contributed by atoms with Crippen LogP contribution in [-0.2, 0) is 4.79 Å². The van der Waals surface area contributed by atoms with Crippen molar-refractivity contribution in [3.63, 3.8) is 0 Å². The molecule has 2 aromatic rings. The van der Waals surface area contributed by atoms with Crippen LogP contribution in [0.2, 0.25) is 0 Å². The molecule has 5 heteroatoms. The summed E-state index contributed by atoms with van der Waals surface area (Å²) in [6.45, 7) is 1.69. The van der Waals surface area contributed by atoms with E-state index in [1.54, 1.807) is 6.20 Å². The Balaban J connectivity index is 1.84. The third kappa shape index (κ3) is 1.89. The molecule has 88 valence electrons. The summed E-state index contributed by atoms with van der Waals surface area (Å²) in [6.07, 6.45) is 2.66. The first kappa shape index (κ1) is 10.3. The van der Waals surface area contributed by atoms with Crippen LogP contribution in [0, 0.1) is 5.92 Å². The Labute approximate surface area is 98.6 Å². The van der Waals surface area contributed by atoms with E-state index in [0.29, 0.717) is 0 Å². The molecule has 3 N–H and O–H groups in total. The molecule has 0 aliphatic carbocycles. The summed E-state index contributed by atoms with van der Waals surface area (Å²) in [7, 11) is 0. The fourth-order valence-electron chi connectivity index (χ4n) is 2.19. The first-order valence-electron chi connectivity index (χ1n) is 5.78. The Morgan fingerprint density at radius 1 is 1.47 bits per heavy atom. The zero-order valence-electron chi connectivity index (χ0n) is 9.36. The summed E-state index contributed by atoms with van der Waals surface area (Å²) >= 11 is 0. The van der Waals surface area contributed by atoms with E-state index in [1.165, 1.54) is 0 Å². The number of fused-ring (bicyclic) bond motifs is 1. The molecule has 0 bridgehead atoms. The van der Waals surface area contributed by atoms with Gasteiger partial charge in [-0.1, -0.05) is 12.1 Å². The van der Waals surface area contributed by atoms with Crippen molar-refractivity contribution in [2.75, 3.05) is 18.4 Å². The molecule has 1 atom stereocenters. The second kappa shape index (κ2) is 4.18. The van der Waals surface area contributed by atoms with Gasteiger partial charge in [-0.15, -0.1) is 0 Å². The van der Waals surface area contributed by atoms with Gasteiger partial charge < -0.3 is 10.6 Å². The minimum atomic E-state index is 0.0770. The minimum absolute atomic E-state index is 0.0770. The van der Waals surface area contributed by atoms with Crippen molar-refractivity contribution in [2.45, 2.75) is 6.42 Å². The van der Waals surface area contributed by atoms with Crippen molar-refractivity contribution >= 4 is 22.5 Å². The molecule has 1 saturated heterocycles. The van der Waals surface area contributed by atoms with Gasteiger partial charge in [-0.25, -0.2) is 0 Å². The van der Waals surface area contributed by atoms with E-state index in [2.05, 4.69) is 20.8 Å². The van der Waals surface area contributed by atoms with Gasteiger partial charge >= 0.3 is 0 Å². The zero-order chi connectivity index (χ0) is 11.7. The minimum Gasteiger partial charge on any atom is -0.324 e. The predicted molar refractivity (Wildman–Crippen MR) is 65.7 cm³/mol. The Morgan fingerprint density at radius 3 is 3.24 bits per heavy atom. The second-order valence-corrected chi connectivity index (χ2v) is 4.32. The van der Waals surface area contributed by atoms with E-state index < -0.39 is 0 Å². The van der Waals surface area contributed by atoms with Crippen molar-refractivity contribution in [3.8, 4) is 0 Å². The zero-order valence-corrected chi connectivity index (χ0v) is 9.36. The lowest BCUT2D eigenvalue weighted by Crippen LogP contribution is -2.24. The van der Waals surface area contributed by atoms with Crippen molar-refractivity contribution in [1.29, 1.82) is 0 Å². The van der Waals surface area contributed by atoms with Crippen LogP contribution in [0.3, 0.4) is 0 Å². The molecular formula is C12H14N4O. The maximum atomic E-state index is 12.0. The summed E-state index contributed by atoms with van der Waals surface area (Å²) in [6, 6.07) is 5.77. The number of nitrogens with one attached hydrogen (secondary N) is 3. The molecule has 1 aliphatic rings. The number of amides is 1. The largest absolute Gasteiger partial charge is 0.324 e. The molecule has 1 aliphatic heterocycles. The smallest absolute Gasteiger partial charge is 0.228 e. The predicted octanol–water partition coefficient (Wildman–Crippen LogP) is 1.11. The van der Waals surface area contributed by atoms with Crippen molar-refractivity contribution in [1.82, 2.24) is 15.5 Å². The van der Waals surface area contributed by atoms with Crippen molar-refractivity contribution < 1.29 is 4.79 Å². The highest BCUT2D eigenvalue weighted by Gasteiger charge is 2.22. The number of carbonyl (C=O) groups is 1. The van der Waals surface area contributed by atoms with Gasteiger partial charge in [0.05, 0.1) is 23.3 Å². The normalized spacial score (nSPS) is 19.6. The van der Waals surface area contributed by atoms with Crippen LogP contribution in [0.1, 0.15) is 6.42 Å². The molecule has 0 saturated carbocycles. The van der Waals surface area contributed by atoms with Gasteiger partial charge in [-0.05, 0) is 19.0 Å². The highest BCUT2D eigenvalue weighted by atomic mass is 16.1. The lowest BCUT2D eigenvalue weighted by atomic mass is 10.1. The van der Waals surface area contributed by atoms with E-state index in [4.69, 9.17) is 0 Å². The number of carbonyl (C=O) groups excluding carboxylic acids is 1. The molecule has 2 heterocycles. The lowest BCUT2D eigenvalue weighted by Gasteiger charge is -2.10.